The van der Waals surface area contributed by atoms with E-state index in [1.54, 1.807) is 0 Å². The van der Waals surface area contributed by atoms with Gasteiger partial charge in [0, 0.05) is 36.3 Å². The third kappa shape index (κ3) is 6.12. The number of aromatic amines is 1. The Hall–Kier alpha value is -4.18. The molecule has 4 aromatic rings. The molecule has 0 aliphatic carbocycles. The summed E-state index contributed by atoms with van der Waals surface area (Å²) in [4.78, 5) is 16.2. The Balaban J connectivity index is 1.15. The number of likely N-dealkylation sites (tertiary alicyclic amines) is 1. The zero-order valence-corrected chi connectivity index (χ0v) is 23.5. The minimum Gasteiger partial charge on any atom is -0.494 e. The first-order chi connectivity index (χ1) is 20.1. The van der Waals surface area contributed by atoms with E-state index >= 15 is 0 Å². The third-order valence-corrected chi connectivity index (χ3v) is 8.28. The fourth-order valence-electron chi connectivity index (χ4n) is 5.93. The predicted octanol–water partition coefficient (Wildman–Crippen LogP) is 4.34. The molecule has 1 saturated heterocycles. The Labute approximate surface area is 240 Å². The van der Waals surface area contributed by atoms with E-state index in [1.165, 1.54) is 0 Å². The van der Waals surface area contributed by atoms with Gasteiger partial charge in [-0.2, -0.15) is 5.10 Å². The number of hydrogen-bond acceptors (Lipinski definition) is 7. The van der Waals surface area contributed by atoms with Crippen molar-refractivity contribution in [1.29, 1.82) is 0 Å². The molecule has 2 bridgehead atoms. The Bertz CT molecular complexity index is 1450. The first-order valence-electron chi connectivity index (χ1n) is 14.5. The molecule has 2 aliphatic rings. The number of benzene rings is 2. The maximum atomic E-state index is 13.8. The molecule has 10 heteroatoms. The smallest absolute Gasteiger partial charge is 0.226 e. The molecular formula is C31H37N7O3. The van der Waals surface area contributed by atoms with Crippen molar-refractivity contribution in [1.82, 2.24) is 35.4 Å². The van der Waals surface area contributed by atoms with Crippen LogP contribution in [0.3, 0.4) is 0 Å². The van der Waals surface area contributed by atoms with Crippen LogP contribution in [0.25, 0.3) is 11.3 Å². The van der Waals surface area contributed by atoms with Gasteiger partial charge in [-0.15, -0.1) is 5.10 Å². The summed E-state index contributed by atoms with van der Waals surface area (Å²) in [5.74, 6) is 1.74. The van der Waals surface area contributed by atoms with Gasteiger partial charge in [-0.1, -0.05) is 23.4 Å². The van der Waals surface area contributed by atoms with E-state index in [9.17, 15) is 4.79 Å². The van der Waals surface area contributed by atoms with Crippen LogP contribution in [-0.4, -0.2) is 55.7 Å². The van der Waals surface area contributed by atoms with Crippen LogP contribution in [0.5, 0.6) is 11.5 Å². The van der Waals surface area contributed by atoms with E-state index in [1.807, 2.05) is 60.4 Å². The largest absolute Gasteiger partial charge is 0.494 e. The zero-order valence-electron chi connectivity index (χ0n) is 23.5. The van der Waals surface area contributed by atoms with Crippen molar-refractivity contribution >= 4 is 5.91 Å². The van der Waals surface area contributed by atoms with Crippen LogP contribution in [0.4, 0.5) is 0 Å². The maximum Gasteiger partial charge on any atom is 0.226 e. The quantitative estimate of drug-likeness (QED) is 0.377. The SMILES string of the molecule is CCOc1ccc(-c2[nH]ncc2CN2CCC3(CCCn4cc(nn4)COc4ccccc4CNC3=O)CC2)cc1. The van der Waals surface area contributed by atoms with Gasteiger partial charge < -0.3 is 14.8 Å². The molecule has 2 N–H and O–H groups in total. The van der Waals surface area contributed by atoms with Crippen LogP contribution in [-0.2, 0) is 31.0 Å². The molecule has 0 radical (unpaired) electrons. The predicted molar refractivity (Wildman–Crippen MR) is 154 cm³/mol. The lowest BCUT2D eigenvalue weighted by molar-refractivity contribution is -0.135. The van der Waals surface area contributed by atoms with Gasteiger partial charge in [0.15, 0.2) is 0 Å². The molecule has 1 fully saturated rings. The van der Waals surface area contributed by atoms with Crippen molar-refractivity contribution in [3.05, 3.63) is 77.7 Å². The molecule has 41 heavy (non-hydrogen) atoms. The molecule has 2 aromatic heterocycles. The monoisotopic (exact) mass is 555 g/mol. The highest BCUT2D eigenvalue weighted by Crippen LogP contribution is 2.38. The molecule has 10 nitrogen and oxygen atoms in total. The van der Waals surface area contributed by atoms with Gasteiger partial charge in [-0.05, 0) is 76.0 Å². The third-order valence-electron chi connectivity index (χ3n) is 8.28. The molecule has 2 aliphatic heterocycles. The number of H-pyrrole nitrogens is 1. The van der Waals surface area contributed by atoms with Crippen LogP contribution < -0.4 is 14.8 Å². The highest BCUT2D eigenvalue weighted by molar-refractivity contribution is 5.82. The standard InChI is InChI=1S/C31H37N7O3/c1-2-40-27-10-8-23(9-11-27)29-25(19-33-35-29)20-37-16-13-31(14-17-37)12-5-15-38-21-26(34-36-38)22-41-28-7-4-3-6-24(28)18-32-30(31)39/h3-4,6-11,19,21H,2,5,12-18,20,22H2,1H3,(H,32,39)(H,33,35). The number of aryl methyl sites for hydroxylation is 1. The minimum atomic E-state index is -0.422. The average Bonchev–Trinajstić information content (AvgIpc) is 3.66. The lowest BCUT2D eigenvalue weighted by atomic mass is 9.73. The number of ether oxygens (including phenoxy) is 2. The molecule has 4 heterocycles. The normalized spacial score (nSPS) is 17.7. The lowest BCUT2D eigenvalue weighted by Crippen LogP contribution is -2.48. The number of nitrogens with one attached hydrogen (secondary N) is 2. The van der Waals surface area contributed by atoms with E-state index in [4.69, 9.17) is 9.47 Å². The summed E-state index contributed by atoms with van der Waals surface area (Å²) in [7, 11) is 0. The fourth-order valence-corrected chi connectivity index (χ4v) is 5.93. The van der Waals surface area contributed by atoms with Crippen LogP contribution in [0, 0.1) is 5.41 Å². The van der Waals surface area contributed by atoms with Crippen molar-refractivity contribution in [2.75, 3.05) is 19.7 Å². The van der Waals surface area contributed by atoms with Gasteiger partial charge in [-0.25, -0.2) is 0 Å². The number of rotatable bonds is 5. The topological polar surface area (TPSA) is 110 Å². The summed E-state index contributed by atoms with van der Waals surface area (Å²) in [5, 5.41) is 19.3. The minimum absolute atomic E-state index is 0.127. The number of amides is 1. The number of carbonyl (C=O) groups excluding carboxylic acids is 1. The van der Waals surface area contributed by atoms with E-state index in [0.717, 1.165) is 91.4 Å². The Morgan fingerprint density at radius 1 is 1.05 bits per heavy atom. The zero-order chi connectivity index (χ0) is 28.1. The van der Waals surface area contributed by atoms with E-state index in [0.29, 0.717) is 19.8 Å². The molecular weight excluding hydrogens is 518 g/mol. The number of nitrogens with zero attached hydrogens (tertiary/aromatic N) is 5. The van der Waals surface area contributed by atoms with Gasteiger partial charge in [0.25, 0.3) is 0 Å². The molecule has 1 amide bonds. The second-order valence-electron chi connectivity index (χ2n) is 10.9. The molecule has 2 aromatic carbocycles. The number of carbonyl (C=O) groups is 1. The van der Waals surface area contributed by atoms with Gasteiger partial charge in [0.05, 0.1) is 30.1 Å². The van der Waals surface area contributed by atoms with Gasteiger partial charge >= 0.3 is 0 Å². The van der Waals surface area contributed by atoms with Gasteiger partial charge in [0.2, 0.25) is 5.91 Å². The maximum absolute atomic E-state index is 13.8. The number of hydrogen-bond donors (Lipinski definition) is 2. The average molecular weight is 556 g/mol. The lowest BCUT2D eigenvalue weighted by Gasteiger charge is -2.41. The Morgan fingerprint density at radius 2 is 1.88 bits per heavy atom. The summed E-state index contributed by atoms with van der Waals surface area (Å²) in [6, 6.07) is 16.0. The Kier molecular flexibility index (Phi) is 8.00. The van der Waals surface area contributed by atoms with Gasteiger partial charge in [0.1, 0.15) is 23.8 Å². The second kappa shape index (κ2) is 12.1. The summed E-state index contributed by atoms with van der Waals surface area (Å²) >= 11 is 0. The number of piperidine rings is 1. The summed E-state index contributed by atoms with van der Waals surface area (Å²) in [6.45, 7) is 6.60. The van der Waals surface area contributed by atoms with Crippen LogP contribution in [0.1, 0.15) is 49.4 Å². The van der Waals surface area contributed by atoms with E-state index < -0.39 is 5.41 Å². The number of fused-ring (bicyclic) bond motifs is 3. The summed E-state index contributed by atoms with van der Waals surface area (Å²) in [5.41, 5.74) is 4.60. The Morgan fingerprint density at radius 3 is 2.71 bits per heavy atom. The van der Waals surface area contributed by atoms with Crippen molar-refractivity contribution in [2.45, 2.75) is 58.8 Å². The summed E-state index contributed by atoms with van der Waals surface area (Å²) < 4.78 is 13.5. The molecule has 1 spiro atoms. The van der Waals surface area contributed by atoms with Crippen LogP contribution >= 0.6 is 0 Å². The number of aromatic nitrogens is 5. The molecule has 0 unspecified atom stereocenters. The van der Waals surface area contributed by atoms with Crippen LogP contribution in [0.15, 0.2) is 60.9 Å². The number of para-hydroxylation sites is 1. The second-order valence-corrected chi connectivity index (χ2v) is 10.9. The highest BCUT2D eigenvalue weighted by atomic mass is 16.5. The van der Waals surface area contributed by atoms with Crippen molar-refractivity contribution < 1.29 is 14.3 Å². The summed E-state index contributed by atoms with van der Waals surface area (Å²) in [6.07, 6.45) is 7.12. The first-order valence-corrected chi connectivity index (χ1v) is 14.5. The van der Waals surface area contributed by atoms with Gasteiger partial charge in [-0.3, -0.25) is 19.5 Å². The first kappa shape index (κ1) is 27.0. The fraction of sp³-hybridized carbons (Fsp3) is 0.419. The van der Waals surface area contributed by atoms with Crippen molar-refractivity contribution in [3.63, 3.8) is 0 Å². The van der Waals surface area contributed by atoms with Crippen molar-refractivity contribution in [3.8, 4) is 22.8 Å². The molecule has 0 atom stereocenters. The molecule has 6 rings (SSSR count). The van der Waals surface area contributed by atoms with E-state index in [2.05, 4.69) is 42.9 Å². The molecule has 0 saturated carbocycles. The molecule has 214 valence electrons. The van der Waals surface area contributed by atoms with E-state index in [-0.39, 0.29) is 5.91 Å². The highest BCUT2D eigenvalue weighted by Gasteiger charge is 2.41. The van der Waals surface area contributed by atoms with Crippen LogP contribution in [0.2, 0.25) is 0 Å². The van der Waals surface area contributed by atoms with Crippen molar-refractivity contribution in [2.24, 2.45) is 5.41 Å².